The molecule has 0 aliphatic carbocycles. The molecule has 1 saturated heterocycles. The lowest BCUT2D eigenvalue weighted by molar-refractivity contribution is 0.0529. The number of methoxy groups -OCH3 is 1. The van der Waals surface area contributed by atoms with Crippen molar-refractivity contribution in [3.8, 4) is 5.75 Å². The minimum Gasteiger partial charge on any atom is -0.497 e. The van der Waals surface area contributed by atoms with Gasteiger partial charge in [0.2, 0.25) is 0 Å². The zero-order chi connectivity index (χ0) is 13.3. The second kappa shape index (κ2) is 5.07. The summed E-state index contributed by atoms with van der Waals surface area (Å²) in [5.74, 6) is 0.872. The monoisotopic (exact) mass is 278 g/mol. The number of hydrogen-bond acceptors (Lipinski definition) is 5. The molecule has 2 heterocycles. The third-order valence-electron chi connectivity index (χ3n) is 3.89. The first-order valence-electron chi connectivity index (χ1n) is 6.50. The van der Waals surface area contributed by atoms with Crippen LogP contribution in [0, 0.1) is 0 Å². The van der Waals surface area contributed by atoms with Crippen LogP contribution >= 0.6 is 11.3 Å². The Bertz CT molecular complexity index is 576. The molecule has 102 valence electrons. The van der Waals surface area contributed by atoms with E-state index in [0.717, 1.165) is 47.0 Å². The molecule has 0 radical (unpaired) electrons. The van der Waals surface area contributed by atoms with Gasteiger partial charge in [-0.15, -0.1) is 11.3 Å². The molecule has 4 nitrogen and oxygen atoms in total. The summed E-state index contributed by atoms with van der Waals surface area (Å²) in [6.45, 7) is 2.18. The molecule has 1 aliphatic rings. The van der Waals surface area contributed by atoms with Crippen molar-refractivity contribution in [2.75, 3.05) is 26.9 Å². The number of ether oxygens (including phenoxy) is 2. The van der Waals surface area contributed by atoms with Crippen LogP contribution in [0.5, 0.6) is 5.75 Å². The molecule has 2 N–H and O–H groups in total. The van der Waals surface area contributed by atoms with Gasteiger partial charge in [0.25, 0.3) is 0 Å². The number of aromatic nitrogens is 1. The molecule has 3 rings (SSSR count). The van der Waals surface area contributed by atoms with Crippen LogP contribution in [0.3, 0.4) is 0 Å². The van der Waals surface area contributed by atoms with Crippen molar-refractivity contribution in [1.29, 1.82) is 0 Å². The van der Waals surface area contributed by atoms with E-state index in [1.807, 2.05) is 18.2 Å². The van der Waals surface area contributed by atoms with Gasteiger partial charge in [-0.25, -0.2) is 4.98 Å². The van der Waals surface area contributed by atoms with E-state index in [9.17, 15) is 0 Å². The fourth-order valence-corrected chi connectivity index (χ4v) is 3.78. The zero-order valence-corrected chi connectivity index (χ0v) is 11.8. The number of fused-ring (bicyclic) bond motifs is 1. The summed E-state index contributed by atoms with van der Waals surface area (Å²) in [5.41, 5.74) is 7.06. The van der Waals surface area contributed by atoms with Gasteiger partial charge in [-0.1, -0.05) is 0 Å². The predicted octanol–water partition coefficient (Wildman–Crippen LogP) is 2.31. The Balaban J connectivity index is 2.03. The lowest BCUT2D eigenvalue weighted by Crippen LogP contribution is -2.40. The molecule has 0 unspecified atom stereocenters. The second-order valence-corrected chi connectivity index (χ2v) is 5.98. The quantitative estimate of drug-likeness (QED) is 0.936. The minimum atomic E-state index is -0.00479. The third kappa shape index (κ3) is 2.22. The van der Waals surface area contributed by atoms with Gasteiger partial charge in [-0.05, 0) is 31.0 Å². The number of hydrogen-bond donors (Lipinski definition) is 1. The summed E-state index contributed by atoms with van der Waals surface area (Å²) in [6, 6.07) is 6.00. The maximum atomic E-state index is 6.03. The van der Waals surface area contributed by atoms with Gasteiger partial charge in [-0.2, -0.15) is 0 Å². The lowest BCUT2D eigenvalue weighted by atomic mass is 9.81. The van der Waals surface area contributed by atoms with E-state index in [0.29, 0.717) is 6.54 Å². The average Bonchev–Trinajstić information content (AvgIpc) is 2.91. The summed E-state index contributed by atoms with van der Waals surface area (Å²) in [5, 5.41) is 1.14. The molecule has 0 atom stereocenters. The highest BCUT2D eigenvalue weighted by Gasteiger charge is 2.36. The number of nitrogens with two attached hydrogens (primary N) is 1. The summed E-state index contributed by atoms with van der Waals surface area (Å²) in [4.78, 5) is 4.78. The van der Waals surface area contributed by atoms with Crippen LogP contribution in [-0.2, 0) is 10.2 Å². The van der Waals surface area contributed by atoms with Crippen LogP contribution in [0.4, 0.5) is 0 Å². The number of thiazole rings is 1. The summed E-state index contributed by atoms with van der Waals surface area (Å²) >= 11 is 1.73. The molecule has 2 aromatic rings. The van der Waals surface area contributed by atoms with Crippen LogP contribution in [0.25, 0.3) is 10.2 Å². The highest BCUT2D eigenvalue weighted by molar-refractivity contribution is 7.18. The molecule has 0 spiro atoms. The highest BCUT2D eigenvalue weighted by Crippen LogP contribution is 2.39. The molecule has 0 amide bonds. The standard InChI is InChI=1S/C14H18N2O2S/c1-17-10-2-3-11-12(8-10)19-13(16-11)14(9-15)4-6-18-7-5-14/h2-3,8H,4-7,9,15H2,1H3. The normalized spacial score (nSPS) is 18.6. The van der Waals surface area contributed by atoms with Gasteiger partial charge < -0.3 is 15.2 Å². The maximum absolute atomic E-state index is 6.03. The van der Waals surface area contributed by atoms with Crippen molar-refractivity contribution < 1.29 is 9.47 Å². The molecule has 0 saturated carbocycles. The Kier molecular flexibility index (Phi) is 3.43. The first-order chi connectivity index (χ1) is 9.27. The lowest BCUT2D eigenvalue weighted by Gasteiger charge is -2.34. The smallest absolute Gasteiger partial charge is 0.120 e. The van der Waals surface area contributed by atoms with E-state index in [4.69, 9.17) is 20.2 Å². The Hall–Kier alpha value is -1.17. The maximum Gasteiger partial charge on any atom is 0.120 e. The van der Waals surface area contributed by atoms with Crippen molar-refractivity contribution in [3.63, 3.8) is 0 Å². The van der Waals surface area contributed by atoms with E-state index in [-0.39, 0.29) is 5.41 Å². The van der Waals surface area contributed by atoms with Crippen molar-refractivity contribution >= 4 is 21.6 Å². The van der Waals surface area contributed by atoms with Crippen LogP contribution in [0.2, 0.25) is 0 Å². The van der Waals surface area contributed by atoms with Crippen LogP contribution in [-0.4, -0.2) is 31.9 Å². The topological polar surface area (TPSA) is 57.4 Å². The Morgan fingerprint density at radius 1 is 1.42 bits per heavy atom. The number of benzene rings is 1. The van der Waals surface area contributed by atoms with Gasteiger partial charge in [0, 0.05) is 25.2 Å². The van der Waals surface area contributed by atoms with E-state index >= 15 is 0 Å². The zero-order valence-electron chi connectivity index (χ0n) is 11.0. The highest BCUT2D eigenvalue weighted by atomic mass is 32.1. The van der Waals surface area contributed by atoms with Crippen molar-refractivity contribution in [2.45, 2.75) is 18.3 Å². The molecule has 19 heavy (non-hydrogen) atoms. The van der Waals surface area contributed by atoms with Crippen molar-refractivity contribution in [2.24, 2.45) is 5.73 Å². The molecule has 1 aromatic carbocycles. The summed E-state index contributed by atoms with van der Waals surface area (Å²) in [6.07, 6.45) is 1.92. The van der Waals surface area contributed by atoms with E-state index in [1.54, 1.807) is 18.4 Å². The van der Waals surface area contributed by atoms with Gasteiger partial charge in [0.15, 0.2) is 0 Å². The van der Waals surface area contributed by atoms with E-state index < -0.39 is 0 Å². The fraction of sp³-hybridized carbons (Fsp3) is 0.500. The number of nitrogens with zero attached hydrogens (tertiary/aromatic N) is 1. The second-order valence-electron chi connectivity index (χ2n) is 4.95. The summed E-state index contributed by atoms with van der Waals surface area (Å²) in [7, 11) is 1.68. The third-order valence-corrected chi connectivity index (χ3v) is 5.15. The first-order valence-corrected chi connectivity index (χ1v) is 7.32. The Morgan fingerprint density at radius 2 is 2.21 bits per heavy atom. The molecule has 1 fully saturated rings. The Morgan fingerprint density at radius 3 is 2.89 bits per heavy atom. The SMILES string of the molecule is COc1ccc2nc(C3(CN)CCOCC3)sc2c1. The minimum absolute atomic E-state index is 0.00479. The molecule has 1 aliphatic heterocycles. The van der Waals surface area contributed by atoms with Gasteiger partial charge in [0.05, 0.1) is 17.3 Å². The number of rotatable bonds is 3. The average molecular weight is 278 g/mol. The Labute approximate surface area is 116 Å². The molecule has 0 bridgehead atoms. The van der Waals surface area contributed by atoms with E-state index in [2.05, 4.69) is 0 Å². The first kappa shape index (κ1) is 12.8. The largest absolute Gasteiger partial charge is 0.497 e. The van der Waals surface area contributed by atoms with E-state index in [1.165, 1.54) is 0 Å². The van der Waals surface area contributed by atoms with Gasteiger partial charge in [-0.3, -0.25) is 0 Å². The molecule has 5 heteroatoms. The van der Waals surface area contributed by atoms with Crippen molar-refractivity contribution in [1.82, 2.24) is 4.98 Å². The van der Waals surface area contributed by atoms with Crippen LogP contribution < -0.4 is 10.5 Å². The fourth-order valence-electron chi connectivity index (χ4n) is 2.53. The summed E-state index contributed by atoms with van der Waals surface area (Å²) < 4.78 is 11.9. The van der Waals surface area contributed by atoms with Crippen LogP contribution in [0.15, 0.2) is 18.2 Å². The molecular formula is C14H18N2O2S. The molecule has 1 aromatic heterocycles. The predicted molar refractivity (Wildman–Crippen MR) is 77.0 cm³/mol. The van der Waals surface area contributed by atoms with Gasteiger partial charge >= 0.3 is 0 Å². The van der Waals surface area contributed by atoms with Crippen molar-refractivity contribution in [3.05, 3.63) is 23.2 Å². The van der Waals surface area contributed by atoms with Gasteiger partial charge in [0.1, 0.15) is 10.8 Å². The molecular weight excluding hydrogens is 260 g/mol. The van der Waals surface area contributed by atoms with Crippen LogP contribution in [0.1, 0.15) is 17.8 Å².